The lowest BCUT2D eigenvalue weighted by Crippen LogP contribution is -2.23. The minimum absolute atomic E-state index is 0.0164. The van der Waals surface area contributed by atoms with Gasteiger partial charge in [-0.05, 0) is 30.5 Å². The fraction of sp³-hybridized carbons (Fsp3) is 0.455. The van der Waals surface area contributed by atoms with E-state index in [1.807, 2.05) is 13.0 Å². The molecule has 0 aliphatic rings. The van der Waals surface area contributed by atoms with Gasteiger partial charge in [0.2, 0.25) is 5.24 Å². The Balaban J connectivity index is 2.84. The van der Waals surface area contributed by atoms with Gasteiger partial charge in [0.05, 0.1) is 0 Å². The molecule has 0 amide bonds. The summed E-state index contributed by atoms with van der Waals surface area (Å²) in [5.41, 5.74) is 0.636. The van der Waals surface area contributed by atoms with Crippen LogP contribution in [-0.2, 0) is 17.8 Å². The highest BCUT2D eigenvalue weighted by atomic mass is 35.5. The van der Waals surface area contributed by atoms with E-state index in [0.717, 1.165) is 6.42 Å². The third-order valence-electron chi connectivity index (χ3n) is 2.15. The summed E-state index contributed by atoms with van der Waals surface area (Å²) in [4.78, 5) is 22.4. The number of hydrogen-bond acceptors (Lipinski definition) is 2. The Kier molecular flexibility index (Phi) is 4.56. The summed E-state index contributed by atoms with van der Waals surface area (Å²) in [7, 11) is 0. The number of pyridine rings is 1. The van der Waals surface area contributed by atoms with Gasteiger partial charge in [-0.25, -0.2) is 0 Å². The number of halogens is 1. The SMILES string of the molecule is CCCn1cccc(CCC(=O)Cl)c1=O. The zero-order valence-corrected chi connectivity index (χ0v) is 9.46. The first-order chi connectivity index (χ1) is 7.15. The molecular weight excluding hydrogens is 214 g/mol. The van der Waals surface area contributed by atoms with E-state index >= 15 is 0 Å². The lowest BCUT2D eigenvalue weighted by molar-refractivity contribution is -0.111. The number of rotatable bonds is 5. The van der Waals surface area contributed by atoms with Gasteiger partial charge >= 0.3 is 0 Å². The van der Waals surface area contributed by atoms with Gasteiger partial charge in [-0.3, -0.25) is 9.59 Å². The molecular formula is C11H14ClNO2. The van der Waals surface area contributed by atoms with E-state index in [0.29, 0.717) is 18.5 Å². The first-order valence-corrected chi connectivity index (χ1v) is 5.39. The Bertz CT molecular complexity index is 398. The fourth-order valence-electron chi connectivity index (χ4n) is 1.43. The number of nitrogens with zero attached hydrogens (tertiary/aromatic N) is 1. The van der Waals surface area contributed by atoms with Crippen LogP contribution in [0.5, 0.6) is 0 Å². The van der Waals surface area contributed by atoms with Crippen LogP contribution in [0.15, 0.2) is 23.1 Å². The molecule has 1 rings (SSSR count). The molecule has 1 heterocycles. The summed E-state index contributed by atoms with van der Waals surface area (Å²) in [6.45, 7) is 2.73. The van der Waals surface area contributed by atoms with Gasteiger partial charge in [-0.2, -0.15) is 0 Å². The van der Waals surface area contributed by atoms with Gasteiger partial charge in [0, 0.05) is 24.7 Å². The van der Waals surface area contributed by atoms with Gasteiger partial charge in [0.25, 0.3) is 5.56 Å². The fourth-order valence-corrected chi connectivity index (χ4v) is 1.52. The molecule has 0 bridgehead atoms. The Morgan fingerprint density at radius 3 is 2.87 bits per heavy atom. The molecule has 3 nitrogen and oxygen atoms in total. The van der Waals surface area contributed by atoms with Crippen molar-refractivity contribution >= 4 is 16.8 Å². The first-order valence-electron chi connectivity index (χ1n) is 5.01. The zero-order chi connectivity index (χ0) is 11.3. The average molecular weight is 228 g/mol. The monoisotopic (exact) mass is 227 g/mol. The molecule has 0 aliphatic carbocycles. The summed E-state index contributed by atoms with van der Waals surface area (Å²) in [6, 6.07) is 3.57. The smallest absolute Gasteiger partial charge is 0.253 e. The maximum absolute atomic E-state index is 11.8. The van der Waals surface area contributed by atoms with Crippen molar-refractivity contribution in [2.45, 2.75) is 32.7 Å². The second kappa shape index (κ2) is 5.71. The Morgan fingerprint density at radius 2 is 2.27 bits per heavy atom. The molecule has 0 atom stereocenters. The second-order valence-corrected chi connectivity index (χ2v) is 3.81. The van der Waals surface area contributed by atoms with Gasteiger partial charge in [0.15, 0.2) is 0 Å². The molecule has 1 aromatic rings. The van der Waals surface area contributed by atoms with E-state index in [1.165, 1.54) is 0 Å². The summed E-state index contributed by atoms with van der Waals surface area (Å²) in [6.07, 6.45) is 3.31. The molecule has 0 saturated carbocycles. The van der Waals surface area contributed by atoms with Crippen LogP contribution in [0.3, 0.4) is 0 Å². The number of carbonyl (C=O) groups excluding carboxylic acids is 1. The van der Waals surface area contributed by atoms with Crippen molar-refractivity contribution in [1.29, 1.82) is 0 Å². The van der Waals surface area contributed by atoms with Crippen molar-refractivity contribution in [3.63, 3.8) is 0 Å². The number of aryl methyl sites for hydroxylation is 2. The maximum atomic E-state index is 11.8. The molecule has 0 aromatic carbocycles. The van der Waals surface area contributed by atoms with Crippen LogP contribution in [-0.4, -0.2) is 9.81 Å². The Morgan fingerprint density at radius 1 is 1.53 bits per heavy atom. The van der Waals surface area contributed by atoms with Crippen molar-refractivity contribution in [1.82, 2.24) is 4.57 Å². The van der Waals surface area contributed by atoms with Crippen molar-refractivity contribution in [3.8, 4) is 0 Å². The normalized spacial score (nSPS) is 10.3. The standard InChI is InChI=1S/C11H14ClNO2/c1-2-7-13-8-3-4-9(11(13)15)5-6-10(12)14/h3-4,8H,2,5-7H2,1H3. The zero-order valence-electron chi connectivity index (χ0n) is 8.70. The molecule has 0 aliphatic heterocycles. The predicted molar refractivity (Wildman–Crippen MR) is 60.2 cm³/mol. The van der Waals surface area contributed by atoms with E-state index in [-0.39, 0.29) is 12.0 Å². The molecule has 0 unspecified atom stereocenters. The largest absolute Gasteiger partial charge is 0.315 e. The third kappa shape index (κ3) is 3.51. The highest BCUT2D eigenvalue weighted by Gasteiger charge is 2.04. The van der Waals surface area contributed by atoms with Crippen LogP contribution in [0.1, 0.15) is 25.3 Å². The van der Waals surface area contributed by atoms with E-state index in [2.05, 4.69) is 0 Å². The number of carbonyl (C=O) groups is 1. The summed E-state index contributed by atoms with van der Waals surface area (Å²) >= 11 is 5.23. The Labute approximate surface area is 93.7 Å². The van der Waals surface area contributed by atoms with Crippen molar-refractivity contribution in [2.75, 3.05) is 0 Å². The van der Waals surface area contributed by atoms with Crippen LogP contribution < -0.4 is 5.56 Å². The molecule has 0 N–H and O–H groups in total. The van der Waals surface area contributed by atoms with Crippen LogP contribution in [0.25, 0.3) is 0 Å². The Hall–Kier alpha value is -1.09. The lowest BCUT2D eigenvalue weighted by Gasteiger charge is -2.05. The number of hydrogen-bond donors (Lipinski definition) is 0. The quantitative estimate of drug-likeness (QED) is 0.722. The first kappa shape index (κ1) is 12.0. The van der Waals surface area contributed by atoms with Gasteiger partial charge in [-0.1, -0.05) is 13.0 Å². The molecule has 0 saturated heterocycles. The maximum Gasteiger partial charge on any atom is 0.253 e. The third-order valence-corrected chi connectivity index (χ3v) is 2.34. The summed E-state index contributed by atoms with van der Waals surface area (Å²) < 4.78 is 1.66. The molecule has 4 heteroatoms. The van der Waals surface area contributed by atoms with E-state index in [9.17, 15) is 9.59 Å². The molecule has 82 valence electrons. The van der Waals surface area contributed by atoms with Crippen molar-refractivity contribution in [2.24, 2.45) is 0 Å². The van der Waals surface area contributed by atoms with E-state index in [1.54, 1.807) is 16.8 Å². The van der Waals surface area contributed by atoms with Crippen LogP contribution in [0.2, 0.25) is 0 Å². The van der Waals surface area contributed by atoms with Crippen molar-refractivity contribution < 1.29 is 4.79 Å². The van der Waals surface area contributed by atoms with Gasteiger partial charge in [0.1, 0.15) is 0 Å². The predicted octanol–water partition coefficient (Wildman–Crippen LogP) is 1.96. The molecule has 0 spiro atoms. The highest BCUT2D eigenvalue weighted by Crippen LogP contribution is 2.00. The van der Waals surface area contributed by atoms with Gasteiger partial charge < -0.3 is 4.57 Å². The van der Waals surface area contributed by atoms with E-state index in [4.69, 9.17) is 11.6 Å². The topological polar surface area (TPSA) is 39.1 Å². The van der Waals surface area contributed by atoms with Crippen LogP contribution in [0, 0.1) is 0 Å². The van der Waals surface area contributed by atoms with Crippen LogP contribution >= 0.6 is 11.6 Å². The summed E-state index contributed by atoms with van der Waals surface area (Å²) in [5, 5.41) is -0.403. The average Bonchev–Trinajstić information content (AvgIpc) is 2.19. The van der Waals surface area contributed by atoms with E-state index < -0.39 is 5.24 Å². The number of aromatic nitrogens is 1. The minimum atomic E-state index is -0.403. The highest BCUT2D eigenvalue weighted by molar-refractivity contribution is 6.63. The lowest BCUT2D eigenvalue weighted by atomic mass is 10.1. The molecule has 15 heavy (non-hydrogen) atoms. The molecule has 0 fully saturated rings. The van der Waals surface area contributed by atoms with Crippen molar-refractivity contribution in [3.05, 3.63) is 34.2 Å². The van der Waals surface area contributed by atoms with Crippen LogP contribution in [0.4, 0.5) is 0 Å². The molecule has 0 radical (unpaired) electrons. The minimum Gasteiger partial charge on any atom is -0.315 e. The summed E-state index contributed by atoms with van der Waals surface area (Å²) in [5.74, 6) is 0. The molecule has 1 aromatic heterocycles. The second-order valence-electron chi connectivity index (χ2n) is 3.39. The van der Waals surface area contributed by atoms with Gasteiger partial charge in [-0.15, -0.1) is 0 Å².